The summed E-state index contributed by atoms with van der Waals surface area (Å²) in [4.78, 5) is 40.6. The zero-order valence-corrected chi connectivity index (χ0v) is 16.1. The molecule has 0 unspecified atom stereocenters. The second-order valence-corrected chi connectivity index (χ2v) is 7.79. The maximum absolute atomic E-state index is 12.6. The van der Waals surface area contributed by atoms with Crippen molar-refractivity contribution in [2.75, 3.05) is 13.1 Å². The summed E-state index contributed by atoms with van der Waals surface area (Å²) in [6.45, 7) is 4.64. The molecular weight excluding hydrogens is 348 g/mol. The van der Waals surface area contributed by atoms with Crippen LogP contribution in [0.3, 0.4) is 0 Å². The van der Waals surface area contributed by atoms with Crippen molar-refractivity contribution in [1.29, 1.82) is 0 Å². The average Bonchev–Trinajstić information content (AvgIpc) is 2.90. The van der Waals surface area contributed by atoms with Gasteiger partial charge in [-0.15, -0.1) is 0 Å². The highest BCUT2D eigenvalue weighted by molar-refractivity contribution is 8.18. The Balaban J connectivity index is 1.69. The van der Waals surface area contributed by atoms with Gasteiger partial charge in [0.25, 0.3) is 11.1 Å². The van der Waals surface area contributed by atoms with Crippen LogP contribution in [0.5, 0.6) is 0 Å². The van der Waals surface area contributed by atoms with E-state index in [9.17, 15) is 14.4 Å². The lowest BCUT2D eigenvalue weighted by molar-refractivity contribution is -0.138. The molecule has 0 spiro atoms. The van der Waals surface area contributed by atoms with E-state index in [1.54, 1.807) is 11.0 Å². The number of nitrogens with zero attached hydrogens (tertiary/aromatic N) is 2. The van der Waals surface area contributed by atoms with Crippen molar-refractivity contribution in [3.63, 3.8) is 0 Å². The summed E-state index contributed by atoms with van der Waals surface area (Å²) in [5.41, 5.74) is 2.10. The number of carbonyl (C=O) groups excluding carboxylic acids is 3. The molecule has 26 heavy (non-hydrogen) atoms. The summed E-state index contributed by atoms with van der Waals surface area (Å²) < 4.78 is 0. The Morgan fingerprint density at radius 2 is 1.96 bits per heavy atom. The Morgan fingerprint density at radius 3 is 2.62 bits per heavy atom. The van der Waals surface area contributed by atoms with E-state index in [2.05, 4.69) is 6.92 Å². The molecule has 2 saturated heterocycles. The molecule has 138 valence electrons. The average molecular weight is 372 g/mol. The number of likely N-dealkylation sites (tertiary alicyclic amines) is 1. The smallest absolute Gasteiger partial charge is 0.294 e. The van der Waals surface area contributed by atoms with Gasteiger partial charge in [0.05, 0.1) is 4.91 Å². The number of rotatable bonds is 4. The molecule has 2 aliphatic heterocycles. The van der Waals surface area contributed by atoms with Crippen molar-refractivity contribution < 1.29 is 14.4 Å². The van der Waals surface area contributed by atoms with Crippen LogP contribution in [0.25, 0.3) is 6.08 Å². The molecule has 3 rings (SSSR count). The first-order chi connectivity index (χ1) is 12.5. The van der Waals surface area contributed by atoms with Crippen molar-refractivity contribution in [2.24, 2.45) is 0 Å². The highest BCUT2D eigenvalue weighted by Gasteiger charge is 2.37. The number of aryl methyl sites for hydroxylation is 1. The molecule has 3 amide bonds. The molecule has 0 aromatic heterocycles. The molecular formula is C20H24N2O3S. The minimum absolute atomic E-state index is 0.145. The minimum Gasteiger partial charge on any atom is -0.338 e. The van der Waals surface area contributed by atoms with Crippen LogP contribution in [0.1, 0.15) is 44.2 Å². The number of thioether (sulfide) groups is 1. The molecule has 0 saturated carbocycles. The van der Waals surface area contributed by atoms with Crippen LogP contribution >= 0.6 is 11.8 Å². The van der Waals surface area contributed by atoms with Gasteiger partial charge in [-0.3, -0.25) is 19.3 Å². The van der Waals surface area contributed by atoms with Crippen LogP contribution in [0, 0.1) is 0 Å². The minimum atomic E-state index is -0.377. The fourth-order valence-electron chi connectivity index (χ4n) is 3.33. The van der Waals surface area contributed by atoms with E-state index in [0.29, 0.717) is 11.4 Å². The summed E-state index contributed by atoms with van der Waals surface area (Å²) in [5.74, 6) is -0.523. The van der Waals surface area contributed by atoms with Gasteiger partial charge in [-0.1, -0.05) is 31.2 Å². The molecule has 5 nitrogen and oxygen atoms in total. The first-order valence-electron chi connectivity index (χ1n) is 9.13. The number of piperidine rings is 1. The zero-order valence-electron chi connectivity index (χ0n) is 15.2. The molecule has 2 aliphatic rings. The van der Waals surface area contributed by atoms with E-state index in [0.717, 1.165) is 47.9 Å². The van der Waals surface area contributed by atoms with Gasteiger partial charge in [-0.2, -0.15) is 0 Å². The Morgan fingerprint density at radius 1 is 1.23 bits per heavy atom. The molecule has 6 heteroatoms. The summed E-state index contributed by atoms with van der Waals surface area (Å²) in [5, 5.41) is -0.371. The Bertz CT molecular complexity index is 742. The van der Waals surface area contributed by atoms with Crippen LogP contribution in [-0.2, 0) is 16.0 Å². The summed E-state index contributed by atoms with van der Waals surface area (Å²) in [6, 6.07) is 8.07. The third-order valence-corrected chi connectivity index (χ3v) is 5.88. The quantitative estimate of drug-likeness (QED) is 0.757. The Labute approximate surface area is 158 Å². The highest BCUT2D eigenvalue weighted by atomic mass is 32.2. The van der Waals surface area contributed by atoms with Gasteiger partial charge in [0.1, 0.15) is 6.54 Å². The topological polar surface area (TPSA) is 57.7 Å². The zero-order chi connectivity index (χ0) is 18.7. The van der Waals surface area contributed by atoms with Crippen molar-refractivity contribution in [3.8, 4) is 0 Å². The third-order valence-electron chi connectivity index (χ3n) is 4.98. The number of hydrogen-bond donors (Lipinski definition) is 0. The lowest BCUT2D eigenvalue weighted by Gasteiger charge is -2.34. The van der Waals surface area contributed by atoms with E-state index in [4.69, 9.17) is 0 Å². The molecule has 1 atom stereocenters. The molecule has 2 fully saturated rings. The molecule has 1 aromatic rings. The van der Waals surface area contributed by atoms with Gasteiger partial charge in [-0.05, 0) is 61.6 Å². The summed E-state index contributed by atoms with van der Waals surface area (Å²) >= 11 is 0.904. The van der Waals surface area contributed by atoms with Crippen LogP contribution in [-0.4, -0.2) is 46.0 Å². The van der Waals surface area contributed by atoms with Crippen LogP contribution < -0.4 is 0 Å². The molecule has 2 heterocycles. The van der Waals surface area contributed by atoms with E-state index >= 15 is 0 Å². The normalized spacial score (nSPS) is 22.4. The monoisotopic (exact) mass is 372 g/mol. The first kappa shape index (κ1) is 18.7. The first-order valence-corrected chi connectivity index (χ1v) is 9.95. The van der Waals surface area contributed by atoms with Gasteiger partial charge in [0, 0.05) is 12.6 Å². The van der Waals surface area contributed by atoms with E-state index < -0.39 is 0 Å². The highest BCUT2D eigenvalue weighted by Crippen LogP contribution is 2.32. The summed E-state index contributed by atoms with van der Waals surface area (Å²) in [6.07, 6.45) is 5.74. The van der Waals surface area contributed by atoms with Crippen molar-refractivity contribution in [1.82, 2.24) is 9.80 Å². The van der Waals surface area contributed by atoms with Gasteiger partial charge >= 0.3 is 0 Å². The number of hydrogen-bond acceptors (Lipinski definition) is 4. The fraction of sp³-hybridized carbons (Fsp3) is 0.450. The number of imide groups is 1. The predicted octanol–water partition coefficient (Wildman–Crippen LogP) is 3.69. The van der Waals surface area contributed by atoms with Crippen molar-refractivity contribution in [2.45, 2.75) is 45.6 Å². The third kappa shape index (κ3) is 4.01. The van der Waals surface area contributed by atoms with Crippen LogP contribution in [0.4, 0.5) is 4.79 Å². The van der Waals surface area contributed by atoms with Crippen LogP contribution in [0.2, 0.25) is 0 Å². The molecule has 0 aliphatic carbocycles. The predicted molar refractivity (Wildman–Crippen MR) is 104 cm³/mol. The van der Waals surface area contributed by atoms with E-state index in [1.807, 2.05) is 31.2 Å². The SMILES string of the molecule is CCc1ccc(/C=C2\SC(=O)N(CC(=O)N3CCCC[C@H]3C)C2=O)cc1. The maximum atomic E-state index is 12.6. The van der Waals surface area contributed by atoms with Crippen LogP contribution in [0.15, 0.2) is 29.2 Å². The lowest BCUT2D eigenvalue weighted by atomic mass is 10.0. The number of amides is 3. The van der Waals surface area contributed by atoms with Crippen molar-refractivity contribution >= 4 is 34.9 Å². The summed E-state index contributed by atoms with van der Waals surface area (Å²) in [7, 11) is 0. The van der Waals surface area contributed by atoms with E-state index in [-0.39, 0.29) is 29.6 Å². The second-order valence-electron chi connectivity index (χ2n) is 6.79. The molecule has 0 radical (unpaired) electrons. The number of carbonyl (C=O) groups is 3. The lowest BCUT2D eigenvalue weighted by Crippen LogP contribution is -2.47. The molecule has 0 N–H and O–H groups in total. The number of benzene rings is 1. The largest absolute Gasteiger partial charge is 0.338 e. The Hall–Kier alpha value is -2.08. The van der Waals surface area contributed by atoms with Gasteiger partial charge in [0.15, 0.2) is 0 Å². The second kappa shape index (κ2) is 8.08. The molecule has 1 aromatic carbocycles. The van der Waals surface area contributed by atoms with Gasteiger partial charge in [-0.25, -0.2) is 0 Å². The van der Waals surface area contributed by atoms with Gasteiger partial charge < -0.3 is 4.90 Å². The van der Waals surface area contributed by atoms with Gasteiger partial charge in [0.2, 0.25) is 5.91 Å². The van der Waals surface area contributed by atoms with E-state index in [1.165, 1.54) is 5.56 Å². The fourth-order valence-corrected chi connectivity index (χ4v) is 4.17. The maximum Gasteiger partial charge on any atom is 0.294 e. The molecule has 0 bridgehead atoms. The standard InChI is InChI=1S/C20H24N2O3S/c1-3-15-7-9-16(10-8-15)12-17-19(24)22(20(25)26-17)13-18(23)21-11-5-4-6-14(21)2/h7-10,12,14H,3-6,11,13H2,1-2H3/b17-12-/t14-/m1/s1. The Kier molecular flexibility index (Phi) is 5.81. The van der Waals surface area contributed by atoms with Crippen molar-refractivity contribution in [3.05, 3.63) is 40.3 Å².